The maximum atomic E-state index is 13.0. The molecule has 0 saturated carbocycles. The molecule has 0 spiro atoms. The van der Waals surface area contributed by atoms with Crippen molar-refractivity contribution in [2.24, 2.45) is 5.73 Å². The van der Waals surface area contributed by atoms with E-state index in [9.17, 15) is 13.2 Å². The van der Waals surface area contributed by atoms with Crippen LogP contribution in [0.1, 0.15) is 11.1 Å². The summed E-state index contributed by atoms with van der Waals surface area (Å²) < 4.78 is 38.2. The fourth-order valence-electron chi connectivity index (χ4n) is 0.920. The first-order valence-corrected chi connectivity index (χ1v) is 4.18. The SMILES string of the molecule is NCc1ccc(C(F)(F)P)cc1F. The molecule has 72 valence electrons. The molecule has 13 heavy (non-hydrogen) atoms. The Morgan fingerprint density at radius 1 is 1.38 bits per heavy atom. The summed E-state index contributed by atoms with van der Waals surface area (Å²) >= 11 is 0. The van der Waals surface area contributed by atoms with Crippen LogP contribution in [-0.2, 0) is 12.2 Å². The van der Waals surface area contributed by atoms with Gasteiger partial charge >= 0.3 is 0 Å². The summed E-state index contributed by atoms with van der Waals surface area (Å²) in [4.78, 5) is 0. The van der Waals surface area contributed by atoms with E-state index in [-0.39, 0.29) is 17.7 Å². The van der Waals surface area contributed by atoms with Crippen LogP contribution in [0.2, 0.25) is 0 Å². The van der Waals surface area contributed by atoms with Crippen molar-refractivity contribution in [3.8, 4) is 0 Å². The molecule has 1 rings (SSSR count). The predicted molar refractivity (Wildman–Crippen MR) is 47.9 cm³/mol. The van der Waals surface area contributed by atoms with E-state index in [1.807, 2.05) is 0 Å². The van der Waals surface area contributed by atoms with E-state index in [1.54, 1.807) is 0 Å². The minimum absolute atomic E-state index is 0.00847. The number of halogens is 3. The summed E-state index contributed by atoms with van der Waals surface area (Å²) in [7, 11) is 1.35. The Bertz CT molecular complexity index is 309. The van der Waals surface area contributed by atoms with Gasteiger partial charge < -0.3 is 5.73 Å². The lowest BCUT2D eigenvalue weighted by Gasteiger charge is -2.11. The second kappa shape index (κ2) is 3.64. The molecule has 5 heteroatoms. The molecule has 0 amide bonds. The first kappa shape index (κ1) is 10.5. The van der Waals surface area contributed by atoms with Crippen LogP contribution >= 0.6 is 9.24 Å². The quantitative estimate of drug-likeness (QED) is 0.739. The van der Waals surface area contributed by atoms with E-state index in [0.29, 0.717) is 0 Å². The maximum Gasteiger partial charge on any atom is 0.283 e. The molecule has 0 aliphatic carbocycles. The van der Waals surface area contributed by atoms with Crippen molar-refractivity contribution in [3.63, 3.8) is 0 Å². The molecule has 0 bridgehead atoms. The van der Waals surface area contributed by atoms with Crippen molar-refractivity contribution < 1.29 is 13.2 Å². The molecule has 0 saturated heterocycles. The highest BCUT2D eigenvalue weighted by molar-refractivity contribution is 7.17. The van der Waals surface area contributed by atoms with Gasteiger partial charge in [0.1, 0.15) is 5.82 Å². The van der Waals surface area contributed by atoms with E-state index in [4.69, 9.17) is 5.73 Å². The number of hydrogen-bond acceptors (Lipinski definition) is 1. The summed E-state index contributed by atoms with van der Waals surface area (Å²) in [6.45, 7) is 0.00847. The zero-order valence-electron chi connectivity index (χ0n) is 6.73. The Balaban J connectivity index is 3.10. The molecule has 0 heterocycles. The van der Waals surface area contributed by atoms with Gasteiger partial charge in [-0.2, -0.15) is 8.78 Å². The zero-order valence-corrected chi connectivity index (χ0v) is 7.88. The Morgan fingerprint density at radius 2 is 2.00 bits per heavy atom. The van der Waals surface area contributed by atoms with Crippen LogP contribution in [0.4, 0.5) is 13.2 Å². The van der Waals surface area contributed by atoms with Gasteiger partial charge in [-0.3, -0.25) is 0 Å². The molecular formula is C8H9F3NP. The maximum absolute atomic E-state index is 13.0. The summed E-state index contributed by atoms with van der Waals surface area (Å²) in [5, 5.41) is 0. The average molecular weight is 207 g/mol. The molecule has 1 aromatic rings. The fourth-order valence-corrected chi connectivity index (χ4v) is 1.10. The third kappa shape index (κ3) is 2.42. The molecule has 0 fully saturated rings. The Hall–Kier alpha value is -0.600. The molecule has 1 unspecified atom stereocenters. The molecule has 2 N–H and O–H groups in total. The molecule has 0 aliphatic rings. The van der Waals surface area contributed by atoms with E-state index in [1.165, 1.54) is 15.3 Å². The molecule has 1 nitrogen and oxygen atoms in total. The molecule has 1 aromatic carbocycles. The van der Waals surface area contributed by atoms with Crippen molar-refractivity contribution >= 4 is 9.24 Å². The van der Waals surface area contributed by atoms with Gasteiger partial charge in [0, 0.05) is 17.7 Å². The third-order valence-electron chi connectivity index (χ3n) is 1.66. The Morgan fingerprint density at radius 3 is 2.38 bits per heavy atom. The molecule has 0 radical (unpaired) electrons. The van der Waals surface area contributed by atoms with Crippen LogP contribution in [0.3, 0.4) is 0 Å². The van der Waals surface area contributed by atoms with Gasteiger partial charge in [-0.25, -0.2) is 4.39 Å². The van der Waals surface area contributed by atoms with Gasteiger partial charge in [0.15, 0.2) is 0 Å². The minimum Gasteiger partial charge on any atom is -0.326 e. The first-order chi connectivity index (χ1) is 5.95. The van der Waals surface area contributed by atoms with Crippen LogP contribution in [-0.4, -0.2) is 0 Å². The van der Waals surface area contributed by atoms with E-state index in [2.05, 4.69) is 0 Å². The van der Waals surface area contributed by atoms with Crippen molar-refractivity contribution in [2.75, 3.05) is 0 Å². The number of nitrogens with two attached hydrogens (primary N) is 1. The van der Waals surface area contributed by atoms with Gasteiger partial charge in [-0.15, -0.1) is 0 Å². The summed E-state index contributed by atoms with van der Waals surface area (Å²) in [6.07, 6.45) is 0. The van der Waals surface area contributed by atoms with Crippen LogP contribution in [0.15, 0.2) is 18.2 Å². The number of benzene rings is 1. The third-order valence-corrected chi connectivity index (χ3v) is 1.99. The summed E-state index contributed by atoms with van der Waals surface area (Å²) in [6, 6.07) is 3.23. The van der Waals surface area contributed by atoms with E-state index in [0.717, 1.165) is 12.1 Å². The zero-order chi connectivity index (χ0) is 10.1. The van der Waals surface area contributed by atoms with Gasteiger partial charge in [0.2, 0.25) is 0 Å². The molecule has 0 aliphatic heterocycles. The topological polar surface area (TPSA) is 26.0 Å². The lowest BCUT2D eigenvalue weighted by molar-refractivity contribution is 0.103. The second-order valence-corrected chi connectivity index (χ2v) is 3.36. The normalized spacial score (nSPS) is 11.8. The van der Waals surface area contributed by atoms with Crippen molar-refractivity contribution in [1.82, 2.24) is 0 Å². The average Bonchev–Trinajstić information content (AvgIpc) is 2.02. The lowest BCUT2D eigenvalue weighted by atomic mass is 10.1. The molecule has 0 aromatic heterocycles. The Labute approximate surface area is 76.3 Å². The smallest absolute Gasteiger partial charge is 0.283 e. The summed E-state index contributed by atoms with van der Waals surface area (Å²) in [5.41, 5.74) is 1.95. The first-order valence-electron chi connectivity index (χ1n) is 3.61. The van der Waals surface area contributed by atoms with Crippen molar-refractivity contribution in [3.05, 3.63) is 35.1 Å². The van der Waals surface area contributed by atoms with Crippen LogP contribution < -0.4 is 5.73 Å². The number of hydrogen-bond donors (Lipinski definition) is 1. The van der Waals surface area contributed by atoms with E-state index >= 15 is 0 Å². The highest BCUT2D eigenvalue weighted by Gasteiger charge is 2.25. The van der Waals surface area contributed by atoms with Gasteiger partial charge in [-0.1, -0.05) is 21.4 Å². The lowest BCUT2D eigenvalue weighted by Crippen LogP contribution is -2.06. The highest BCUT2D eigenvalue weighted by Crippen LogP contribution is 2.35. The second-order valence-electron chi connectivity index (χ2n) is 2.63. The number of rotatable bonds is 2. The monoisotopic (exact) mass is 207 g/mol. The summed E-state index contributed by atoms with van der Waals surface area (Å²) in [5.74, 6) is -0.692. The fraction of sp³-hybridized carbons (Fsp3) is 0.250. The van der Waals surface area contributed by atoms with E-state index < -0.39 is 11.5 Å². The highest BCUT2D eigenvalue weighted by atomic mass is 31.0. The van der Waals surface area contributed by atoms with Crippen molar-refractivity contribution in [1.29, 1.82) is 0 Å². The number of alkyl halides is 2. The van der Waals surface area contributed by atoms with Crippen molar-refractivity contribution in [2.45, 2.75) is 12.2 Å². The largest absolute Gasteiger partial charge is 0.326 e. The van der Waals surface area contributed by atoms with Crippen LogP contribution in [0.25, 0.3) is 0 Å². The Kier molecular flexibility index (Phi) is 2.94. The van der Waals surface area contributed by atoms with Crippen LogP contribution in [0.5, 0.6) is 0 Å². The molecular weight excluding hydrogens is 198 g/mol. The molecule has 1 atom stereocenters. The predicted octanol–water partition coefficient (Wildman–Crippen LogP) is 2.21. The standard InChI is InChI=1S/C8H9F3NP/c9-7-3-6(8(10,11)13)2-1-5(7)4-12/h1-3H,4,12-13H2. The van der Waals surface area contributed by atoms with Gasteiger partial charge in [-0.05, 0) is 6.07 Å². The van der Waals surface area contributed by atoms with Gasteiger partial charge in [0.25, 0.3) is 5.66 Å². The van der Waals surface area contributed by atoms with Gasteiger partial charge in [0.05, 0.1) is 0 Å². The minimum atomic E-state index is -3.09. The van der Waals surface area contributed by atoms with Crippen LogP contribution in [0, 0.1) is 5.82 Å².